The molecule has 2 heterocycles. The third-order valence-corrected chi connectivity index (χ3v) is 9.84. The van der Waals surface area contributed by atoms with Crippen LogP contribution >= 0.6 is 0 Å². The summed E-state index contributed by atoms with van der Waals surface area (Å²) in [5, 5.41) is 0. The Balaban J connectivity index is 1.89. The van der Waals surface area contributed by atoms with Crippen LogP contribution in [0.5, 0.6) is 23.0 Å². The Hall–Kier alpha value is -4.78. The SMILES string of the molecule is COc1ccc(S(=O)(=O)N2C(=O)C(c3ccccc3OC)(N3C[C@H](F)C[C@H]3C(=O)N(C)C)c3cc(OC(F)(F)F)ccc32)c(OC(F)(F)F)c1. The molecule has 3 aromatic rings. The molecule has 11 nitrogen and oxygen atoms in total. The van der Waals surface area contributed by atoms with Crippen LogP contribution in [0.15, 0.2) is 65.6 Å². The molecule has 2 aliphatic heterocycles. The number of likely N-dealkylation sites (tertiary alicyclic amines) is 1. The van der Waals surface area contributed by atoms with Gasteiger partial charge in [-0.2, -0.15) is 0 Å². The number of methoxy groups -OCH3 is 2. The summed E-state index contributed by atoms with van der Waals surface area (Å²) in [7, 11) is -0.555. The third kappa shape index (κ3) is 6.34. The minimum atomic E-state index is -5.49. The summed E-state index contributed by atoms with van der Waals surface area (Å²) >= 11 is 0. The fourth-order valence-electron chi connectivity index (χ4n) is 6.24. The van der Waals surface area contributed by atoms with Crippen molar-refractivity contribution in [2.24, 2.45) is 0 Å². The number of hydrogen-bond donors (Lipinski definition) is 0. The molecule has 1 unspecified atom stereocenters. The fraction of sp³-hybridized carbons (Fsp3) is 0.355. The summed E-state index contributed by atoms with van der Waals surface area (Å²) in [5.74, 6) is -4.86. The topological polar surface area (TPSA) is 115 Å². The van der Waals surface area contributed by atoms with Crippen molar-refractivity contribution in [3.8, 4) is 23.0 Å². The number of nitrogens with zero attached hydrogens (tertiary/aromatic N) is 3. The highest BCUT2D eigenvalue weighted by Gasteiger charge is 2.64. The van der Waals surface area contributed by atoms with Crippen molar-refractivity contribution in [2.75, 3.05) is 39.2 Å². The van der Waals surface area contributed by atoms with Crippen molar-refractivity contribution in [3.05, 3.63) is 71.8 Å². The quantitative estimate of drug-likeness (QED) is 0.281. The van der Waals surface area contributed by atoms with E-state index >= 15 is 9.18 Å². The molecule has 1 fully saturated rings. The number of halogens is 7. The Labute approximate surface area is 280 Å². The van der Waals surface area contributed by atoms with Gasteiger partial charge in [-0.05, 0) is 36.4 Å². The van der Waals surface area contributed by atoms with Gasteiger partial charge in [-0.15, -0.1) is 26.3 Å². The van der Waals surface area contributed by atoms with Gasteiger partial charge >= 0.3 is 12.7 Å². The van der Waals surface area contributed by atoms with E-state index in [9.17, 15) is 39.6 Å². The molecule has 0 spiro atoms. The first kappa shape index (κ1) is 36.5. The first-order chi connectivity index (χ1) is 23.3. The van der Waals surface area contributed by atoms with Crippen LogP contribution < -0.4 is 23.3 Å². The molecule has 0 N–H and O–H groups in total. The smallest absolute Gasteiger partial charge is 0.497 e. The van der Waals surface area contributed by atoms with Gasteiger partial charge in [-0.1, -0.05) is 18.2 Å². The summed E-state index contributed by atoms with van der Waals surface area (Å²) in [6.45, 7) is -0.712. The predicted octanol–water partition coefficient (Wildman–Crippen LogP) is 4.98. The first-order valence-corrected chi connectivity index (χ1v) is 15.9. The van der Waals surface area contributed by atoms with Gasteiger partial charge in [0, 0.05) is 44.3 Å². The van der Waals surface area contributed by atoms with Gasteiger partial charge in [-0.3, -0.25) is 14.5 Å². The fourth-order valence-corrected chi connectivity index (χ4v) is 7.80. The number of likely N-dealkylation sites (N-methyl/N-ethyl adjacent to an activating group) is 1. The van der Waals surface area contributed by atoms with Crippen LogP contribution in [0.4, 0.5) is 36.4 Å². The van der Waals surface area contributed by atoms with Crippen LogP contribution in [-0.4, -0.2) is 89.8 Å². The van der Waals surface area contributed by atoms with Crippen molar-refractivity contribution in [1.82, 2.24) is 9.80 Å². The maximum absolute atomic E-state index is 15.5. The lowest BCUT2D eigenvalue weighted by Gasteiger charge is -2.42. The van der Waals surface area contributed by atoms with Gasteiger partial charge in [0.05, 0.1) is 25.9 Å². The van der Waals surface area contributed by atoms with E-state index in [-0.39, 0.29) is 21.4 Å². The van der Waals surface area contributed by atoms with Crippen LogP contribution in [0, 0.1) is 0 Å². The molecular weight excluding hydrogens is 707 g/mol. The Kier molecular flexibility index (Phi) is 9.37. The molecule has 5 rings (SSSR count). The van der Waals surface area contributed by atoms with E-state index in [0.717, 1.165) is 29.0 Å². The number of carbonyl (C=O) groups excluding carboxylic acids is 2. The molecule has 1 saturated heterocycles. The normalized spacial score (nSPS) is 21.2. The Morgan fingerprint density at radius 3 is 2.10 bits per heavy atom. The Morgan fingerprint density at radius 2 is 1.50 bits per heavy atom. The molecule has 2 amide bonds. The van der Waals surface area contributed by atoms with E-state index in [1.54, 1.807) is 0 Å². The van der Waals surface area contributed by atoms with Gasteiger partial charge in [0.15, 0.2) is 11.3 Å². The molecule has 0 saturated carbocycles. The van der Waals surface area contributed by atoms with Gasteiger partial charge in [0.1, 0.15) is 28.3 Å². The average molecular weight is 736 g/mol. The van der Waals surface area contributed by atoms with E-state index in [0.29, 0.717) is 24.3 Å². The molecule has 50 heavy (non-hydrogen) atoms. The molecular formula is C31H28F7N3O8S. The van der Waals surface area contributed by atoms with Crippen molar-refractivity contribution in [3.63, 3.8) is 0 Å². The summed E-state index contributed by atoms with van der Waals surface area (Å²) in [6, 6.07) is 8.37. The number of alkyl halides is 7. The number of hydrogen-bond acceptors (Lipinski definition) is 9. The summed E-state index contributed by atoms with van der Waals surface area (Å²) in [6.07, 6.45) is -13.0. The molecule has 3 atom stereocenters. The molecule has 2 aliphatic rings. The van der Waals surface area contributed by atoms with Crippen molar-refractivity contribution >= 4 is 27.5 Å². The maximum atomic E-state index is 15.5. The number of anilines is 1. The number of fused-ring (bicyclic) bond motifs is 1. The second-order valence-corrected chi connectivity index (χ2v) is 13.1. The third-order valence-electron chi connectivity index (χ3n) is 8.10. The summed E-state index contributed by atoms with van der Waals surface area (Å²) < 4.78 is 144. The molecule has 0 aromatic heterocycles. The number of benzene rings is 3. The van der Waals surface area contributed by atoms with E-state index in [2.05, 4.69) is 9.47 Å². The van der Waals surface area contributed by atoms with E-state index in [1.807, 2.05) is 0 Å². The number of sulfonamides is 1. The van der Waals surface area contributed by atoms with E-state index in [1.165, 1.54) is 45.5 Å². The van der Waals surface area contributed by atoms with Crippen LogP contribution in [0.25, 0.3) is 0 Å². The minimum Gasteiger partial charge on any atom is -0.497 e. The van der Waals surface area contributed by atoms with Gasteiger partial charge in [0.25, 0.3) is 15.9 Å². The highest BCUT2D eigenvalue weighted by atomic mass is 32.2. The Bertz CT molecular complexity index is 1920. The summed E-state index contributed by atoms with van der Waals surface area (Å²) in [5.41, 5.74) is -4.03. The number of ether oxygens (including phenoxy) is 4. The molecule has 3 aromatic carbocycles. The highest BCUT2D eigenvalue weighted by Crippen LogP contribution is 2.56. The van der Waals surface area contributed by atoms with E-state index < -0.39 is 92.9 Å². The van der Waals surface area contributed by atoms with Crippen molar-refractivity contribution < 1.29 is 67.7 Å². The lowest BCUT2D eigenvalue weighted by atomic mass is 9.80. The molecule has 19 heteroatoms. The van der Waals surface area contributed by atoms with Gasteiger partial charge in [0.2, 0.25) is 5.91 Å². The van der Waals surface area contributed by atoms with Gasteiger partial charge < -0.3 is 23.8 Å². The number of amides is 2. The lowest BCUT2D eigenvalue weighted by Crippen LogP contribution is -2.59. The Morgan fingerprint density at radius 1 is 0.860 bits per heavy atom. The van der Waals surface area contributed by atoms with Crippen molar-refractivity contribution in [1.29, 1.82) is 0 Å². The van der Waals surface area contributed by atoms with Crippen LogP contribution in [-0.2, 0) is 25.2 Å². The molecule has 0 radical (unpaired) electrons. The first-order valence-electron chi connectivity index (χ1n) is 14.5. The zero-order chi connectivity index (χ0) is 37.0. The zero-order valence-electron chi connectivity index (χ0n) is 26.5. The molecule has 0 bridgehead atoms. The second kappa shape index (κ2) is 12.8. The maximum Gasteiger partial charge on any atom is 0.573 e. The zero-order valence-corrected chi connectivity index (χ0v) is 27.3. The average Bonchev–Trinajstić information content (AvgIpc) is 3.53. The van der Waals surface area contributed by atoms with Gasteiger partial charge in [-0.25, -0.2) is 17.1 Å². The van der Waals surface area contributed by atoms with E-state index in [4.69, 9.17) is 9.47 Å². The number of carbonyl (C=O) groups is 2. The van der Waals surface area contributed by atoms with Crippen molar-refractivity contribution in [2.45, 2.75) is 41.8 Å². The number of rotatable bonds is 9. The monoisotopic (exact) mass is 735 g/mol. The minimum absolute atomic E-state index is 0.0833. The highest BCUT2D eigenvalue weighted by molar-refractivity contribution is 7.93. The predicted molar refractivity (Wildman–Crippen MR) is 160 cm³/mol. The van der Waals surface area contributed by atoms with Crippen LogP contribution in [0.2, 0.25) is 0 Å². The molecule has 0 aliphatic carbocycles. The lowest BCUT2D eigenvalue weighted by molar-refractivity contribution is -0.276. The second-order valence-electron chi connectivity index (χ2n) is 11.3. The number of para-hydroxylation sites is 1. The van der Waals surface area contributed by atoms with Crippen LogP contribution in [0.3, 0.4) is 0 Å². The van der Waals surface area contributed by atoms with Crippen LogP contribution in [0.1, 0.15) is 17.5 Å². The molecule has 270 valence electrons. The summed E-state index contributed by atoms with van der Waals surface area (Å²) in [4.78, 5) is 29.6. The largest absolute Gasteiger partial charge is 0.573 e. The standard InChI is InChI=1S/C31H28F7N3O8S/c1-39(2)27(42)23-13-17(32)16-40(23)29(20-7-5-6-8-24(20)47-4)21-14-19(48-30(33,34)35)9-11-22(21)41(28(29)43)50(44,45)26-12-10-18(46-3)15-25(26)49-31(36,37)38/h5-12,14-15,17,23H,13,16H2,1-4H3/t17-,23+,29?/m1/s1.